The average Bonchev–Trinajstić information content (AvgIpc) is 1.81. The van der Waals surface area contributed by atoms with Crippen LogP contribution in [0.1, 0.15) is 0 Å². The van der Waals surface area contributed by atoms with Gasteiger partial charge in [-0.05, 0) is 9.05 Å². The molecule has 8 heteroatoms. The molecule has 0 bridgehead atoms. The van der Waals surface area contributed by atoms with Gasteiger partial charge < -0.3 is 0 Å². The van der Waals surface area contributed by atoms with Gasteiger partial charge in [0.05, 0.1) is 0 Å². The van der Waals surface area contributed by atoms with Crippen molar-refractivity contribution in [2.24, 2.45) is 0 Å². The second-order valence-corrected chi connectivity index (χ2v) is 0.398. The maximum atomic E-state index is 10.3. The highest BCUT2D eigenvalue weighted by Gasteiger charge is 1.89. The van der Waals surface area contributed by atoms with Gasteiger partial charge >= 0.3 is 0 Å². The van der Waals surface area contributed by atoms with Crippen molar-refractivity contribution in [1.82, 2.24) is 0 Å². The molecule has 0 spiro atoms. The van der Waals surface area contributed by atoms with Crippen molar-refractivity contribution in [1.29, 1.82) is 0 Å². The van der Waals surface area contributed by atoms with Gasteiger partial charge in [-0.15, -0.1) is 0 Å². The van der Waals surface area contributed by atoms with Crippen molar-refractivity contribution in [3.05, 3.63) is 0 Å². The smallest absolute Gasteiger partial charge is 0.0104 e. The molecular weight excluding hydrogens is 134 g/mol. The summed E-state index contributed by atoms with van der Waals surface area (Å²) in [5.74, 6) is 0. The number of hydrogen-bond donors (Lipinski definition) is 0. The summed E-state index contributed by atoms with van der Waals surface area (Å²) >= 11 is 0. The largest absolute Gasteiger partial charge is 0.0124 e. The lowest BCUT2D eigenvalue weighted by Crippen LogP contribution is -1.93. The maximum Gasteiger partial charge on any atom is 0.0104 e. The van der Waals surface area contributed by atoms with Crippen molar-refractivity contribution in [2.75, 3.05) is 0 Å². The minimum Gasteiger partial charge on any atom is -0.0124 e. The summed E-state index contributed by atoms with van der Waals surface area (Å²) in [7, 11) is 0. The molecule has 0 aliphatic rings. The van der Waals surface area contributed by atoms with E-state index in [9.17, 15) is 9.05 Å². The van der Waals surface area contributed by atoms with Gasteiger partial charge in [0.15, 0.2) is 0 Å². The molecular formula is F2O6. The monoisotopic (exact) mass is 134 g/mol. The van der Waals surface area contributed by atoms with Gasteiger partial charge in [0, 0.05) is 30.3 Å². The van der Waals surface area contributed by atoms with Crippen LogP contribution in [0.15, 0.2) is 0 Å². The Labute approximate surface area is 40.8 Å². The number of rotatable bonds is 5. The lowest BCUT2D eigenvalue weighted by Gasteiger charge is -1.88. The van der Waals surface area contributed by atoms with Gasteiger partial charge in [-0.2, -0.15) is 0 Å². The summed E-state index contributed by atoms with van der Waals surface area (Å²) in [6.45, 7) is 0. The molecule has 0 fully saturated rings. The second kappa shape index (κ2) is 6.62. The molecule has 0 aromatic rings. The van der Waals surface area contributed by atoms with Crippen LogP contribution in [0.25, 0.3) is 0 Å². The van der Waals surface area contributed by atoms with Crippen molar-refractivity contribution < 1.29 is 39.4 Å². The minimum atomic E-state index is 2.28. The van der Waals surface area contributed by atoms with Crippen molar-refractivity contribution in [2.45, 2.75) is 0 Å². The summed E-state index contributed by atoms with van der Waals surface area (Å²) in [5.41, 5.74) is 0. The van der Waals surface area contributed by atoms with Crippen molar-refractivity contribution >= 4 is 0 Å². The molecule has 0 rings (SSSR count). The predicted octanol–water partition coefficient (Wildman–Crippen LogP) is 0.430. The average molecular weight is 134 g/mol. The van der Waals surface area contributed by atoms with Crippen LogP contribution >= 0.6 is 0 Å². The molecule has 0 unspecified atom stereocenters. The quantitative estimate of drug-likeness (QED) is 0.308. The first-order valence-corrected chi connectivity index (χ1v) is 1.14. The standard InChI is InChI=1S/F2O6/c1-3-5-7-8-6-4-2. The van der Waals surface area contributed by atoms with Crippen LogP contribution in [0.4, 0.5) is 9.05 Å². The van der Waals surface area contributed by atoms with E-state index in [4.69, 9.17) is 0 Å². The molecule has 6 nitrogen and oxygen atoms in total. The summed E-state index contributed by atoms with van der Waals surface area (Å²) in [6, 6.07) is 0. The van der Waals surface area contributed by atoms with Crippen LogP contribution in [-0.2, 0) is 30.3 Å². The predicted molar refractivity (Wildman–Crippen MR) is 8.73 cm³/mol. The highest BCUT2D eigenvalue weighted by molar-refractivity contribution is 2.97. The summed E-state index contributed by atoms with van der Waals surface area (Å²) in [5, 5.41) is 16.4. The van der Waals surface area contributed by atoms with Gasteiger partial charge in [0.1, 0.15) is 0 Å². The van der Waals surface area contributed by atoms with Crippen LogP contribution in [0, 0.1) is 0 Å². The van der Waals surface area contributed by atoms with Gasteiger partial charge in [-0.25, -0.2) is 0 Å². The third-order valence-corrected chi connectivity index (χ3v) is 0.135. The summed E-state index contributed by atoms with van der Waals surface area (Å²) in [4.78, 5) is 0. The van der Waals surface area contributed by atoms with Gasteiger partial charge in [-0.3, -0.25) is 0 Å². The van der Waals surface area contributed by atoms with E-state index in [1.165, 1.54) is 0 Å². The molecule has 0 saturated carbocycles. The molecule has 0 aliphatic heterocycles. The lowest BCUT2D eigenvalue weighted by molar-refractivity contribution is -0.792. The van der Waals surface area contributed by atoms with Crippen LogP contribution in [0.5, 0.6) is 0 Å². The van der Waals surface area contributed by atoms with Crippen LogP contribution in [0.3, 0.4) is 0 Å². The third kappa shape index (κ3) is 5.62. The zero-order valence-electron chi connectivity index (χ0n) is 3.21. The molecule has 0 aliphatic carbocycles. The Balaban J connectivity index is 2.53. The molecule has 0 aromatic carbocycles. The van der Waals surface area contributed by atoms with E-state index in [0.717, 1.165) is 0 Å². The van der Waals surface area contributed by atoms with Crippen molar-refractivity contribution in [3.8, 4) is 0 Å². The SMILES string of the molecule is FOOOOOOF. The first kappa shape index (κ1) is 7.62. The van der Waals surface area contributed by atoms with E-state index in [1.54, 1.807) is 0 Å². The topological polar surface area (TPSA) is 55.4 Å². The Bertz CT molecular complexity index is 31.5. The van der Waals surface area contributed by atoms with E-state index in [0.29, 0.717) is 0 Å². The Kier molecular flexibility index (Phi) is 6.31. The molecule has 0 atom stereocenters. The Hall–Kier alpha value is -0.380. The van der Waals surface area contributed by atoms with Crippen LogP contribution < -0.4 is 0 Å². The zero-order chi connectivity index (χ0) is 6.24. The molecule has 50 valence electrons. The molecule has 0 radical (unpaired) electrons. The lowest BCUT2D eigenvalue weighted by atomic mass is 14.2. The third-order valence-electron chi connectivity index (χ3n) is 0.135. The first-order chi connectivity index (χ1) is 3.91. The van der Waals surface area contributed by atoms with Gasteiger partial charge in [-0.1, -0.05) is 0 Å². The first-order valence-electron chi connectivity index (χ1n) is 1.14. The summed E-state index contributed by atoms with van der Waals surface area (Å²) in [6.07, 6.45) is 0. The van der Waals surface area contributed by atoms with Crippen LogP contribution in [0.2, 0.25) is 0 Å². The van der Waals surface area contributed by atoms with Gasteiger partial charge in [0.2, 0.25) is 0 Å². The Morgan fingerprint density at radius 2 is 1.00 bits per heavy atom. The molecule has 0 amide bonds. The Morgan fingerprint density at radius 3 is 1.25 bits per heavy atom. The highest BCUT2D eigenvalue weighted by Crippen LogP contribution is 1.85. The molecule has 0 aromatic heterocycles. The fourth-order valence-electron chi connectivity index (χ4n) is 0.0437. The summed E-state index contributed by atoms with van der Waals surface area (Å²) < 4.78 is 20.6. The highest BCUT2D eigenvalue weighted by atomic mass is 19.3. The molecule has 0 N–H and O–H groups in total. The fourth-order valence-corrected chi connectivity index (χ4v) is 0.0437. The minimum absolute atomic E-state index is 2.28. The van der Waals surface area contributed by atoms with Crippen molar-refractivity contribution in [3.63, 3.8) is 0 Å². The maximum absolute atomic E-state index is 10.3. The molecule has 0 heterocycles. The van der Waals surface area contributed by atoms with Gasteiger partial charge in [0.25, 0.3) is 0 Å². The van der Waals surface area contributed by atoms with E-state index in [-0.39, 0.29) is 0 Å². The van der Waals surface area contributed by atoms with E-state index >= 15 is 0 Å². The Morgan fingerprint density at radius 1 is 0.625 bits per heavy atom. The van der Waals surface area contributed by atoms with Crippen LogP contribution in [-0.4, -0.2) is 0 Å². The normalized spacial score (nSPS) is 9.75. The van der Waals surface area contributed by atoms with E-state index in [1.807, 2.05) is 0 Å². The molecule has 0 saturated heterocycles. The second-order valence-electron chi connectivity index (χ2n) is 0.398. The zero-order valence-corrected chi connectivity index (χ0v) is 3.21. The van der Waals surface area contributed by atoms with E-state index < -0.39 is 0 Å². The fraction of sp³-hybridized carbons (Fsp3) is 0. The number of hydrogen-bond acceptors (Lipinski definition) is 6. The van der Waals surface area contributed by atoms with E-state index in [2.05, 4.69) is 30.3 Å². The molecule has 8 heavy (non-hydrogen) atoms. The number of halogens is 2.